The Morgan fingerprint density at radius 2 is 2.00 bits per heavy atom. The molecule has 5 heteroatoms. The van der Waals surface area contributed by atoms with Crippen LogP contribution < -0.4 is 24.0 Å². The first-order valence-corrected chi connectivity index (χ1v) is 6.13. The van der Waals surface area contributed by atoms with Crippen LogP contribution in [0.5, 0.6) is 0 Å². The topological polar surface area (TPSA) is 39.4 Å². The van der Waals surface area contributed by atoms with E-state index in [1.165, 1.54) is 39.5 Å². The van der Waals surface area contributed by atoms with Crippen LogP contribution in [0.15, 0.2) is 16.5 Å². The maximum atomic E-state index is 11.3. The number of ether oxygens (including phenoxy) is 1. The lowest BCUT2D eigenvalue weighted by Gasteiger charge is -2.37. The second-order valence-corrected chi connectivity index (χ2v) is 5.04. The number of carbonyl (C=O) groups excluding carboxylic acids is 1. The molecule has 2 rings (SSSR count). The highest BCUT2D eigenvalue weighted by Crippen LogP contribution is 2.21. The van der Waals surface area contributed by atoms with E-state index in [0.29, 0.717) is 5.76 Å². The van der Waals surface area contributed by atoms with Crippen LogP contribution in [-0.4, -0.2) is 37.7 Å². The molecule has 0 atom stereocenters. The lowest BCUT2D eigenvalue weighted by atomic mass is 10.1. The van der Waals surface area contributed by atoms with Gasteiger partial charge in [0.2, 0.25) is 5.76 Å². The number of quaternary nitrogens is 1. The fraction of sp³-hybridized carbons (Fsp3) is 0.615. The molecular weight excluding hydrogens is 345 g/mol. The third-order valence-electron chi connectivity index (χ3n) is 3.48. The van der Waals surface area contributed by atoms with Gasteiger partial charge in [-0.25, -0.2) is 4.79 Å². The van der Waals surface area contributed by atoms with Gasteiger partial charge in [0.1, 0.15) is 6.54 Å². The fourth-order valence-electron chi connectivity index (χ4n) is 2.48. The molecule has 0 aromatic carbocycles. The van der Waals surface area contributed by atoms with Crippen molar-refractivity contribution in [2.45, 2.75) is 25.8 Å². The molecule has 1 aromatic heterocycles. The molecule has 1 saturated heterocycles. The number of halogens is 1. The number of hydrogen-bond acceptors (Lipinski definition) is 3. The first-order chi connectivity index (χ1) is 8.13. The van der Waals surface area contributed by atoms with Crippen LogP contribution in [0.3, 0.4) is 0 Å². The van der Waals surface area contributed by atoms with Gasteiger partial charge in [0.05, 0.1) is 27.2 Å². The van der Waals surface area contributed by atoms with Crippen LogP contribution in [0.4, 0.5) is 0 Å². The van der Waals surface area contributed by atoms with Gasteiger partial charge >= 0.3 is 5.97 Å². The largest absolute Gasteiger partial charge is 1.00 e. The highest BCUT2D eigenvalue weighted by Gasteiger charge is 2.26. The summed E-state index contributed by atoms with van der Waals surface area (Å²) in [5.41, 5.74) is 0. The number of hydrogen-bond donors (Lipinski definition) is 0. The minimum absolute atomic E-state index is 0. The maximum absolute atomic E-state index is 11.3. The van der Waals surface area contributed by atoms with E-state index in [0.717, 1.165) is 16.8 Å². The Labute approximate surface area is 125 Å². The van der Waals surface area contributed by atoms with Crippen molar-refractivity contribution in [3.05, 3.63) is 23.7 Å². The molecule has 1 fully saturated rings. The van der Waals surface area contributed by atoms with Crippen molar-refractivity contribution in [3.63, 3.8) is 0 Å². The van der Waals surface area contributed by atoms with Crippen molar-refractivity contribution >= 4 is 5.97 Å². The molecule has 0 N–H and O–H groups in total. The summed E-state index contributed by atoms with van der Waals surface area (Å²) in [7, 11) is 3.61. The van der Waals surface area contributed by atoms with Gasteiger partial charge in [-0.15, -0.1) is 0 Å². The van der Waals surface area contributed by atoms with E-state index in [4.69, 9.17) is 4.42 Å². The summed E-state index contributed by atoms with van der Waals surface area (Å²) in [4.78, 5) is 11.3. The minimum atomic E-state index is -0.405. The summed E-state index contributed by atoms with van der Waals surface area (Å²) in [5, 5.41) is 0. The van der Waals surface area contributed by atoms with Gasteiger partial charge in [-0.3, -0.25) is 0 Å². The minimum Gasteiger partial charge on any atom is -1.00 e. The van der Waals surface area contributed by atoms with Crippen molar-refractivity contribution in [2.75, 3.05) is 27.2 Å². The smallest absolute Gasteiger partial charge is 0.373 e. The van der Waals surface area contributed by atoms with Crippen molar-refractivity contribution in [1.29, 1.82) is 0 Å². The first kappa shape index (κ1) is 15.5. The summed E-state index contributed by atoms with van der Waals surface area (Å²) >= 11 is 0. The summed E-state index contributed by atoms with van der Waals surface area (Å²) in [5.74, 6) is 0.762. The molecule has 1 aliphatic heterocycles. The van der Waals surface area contributed by atoms with Gasteiger partial charge < -0.3 is 37.6 Å². The van der Waals surface area contributed by atoms with E-state index in [-0.39, 0.29) is 24.0 Å². The zero-order valence-corrected chi connectivity index (χ0v) is 13.1. The Bertz CT molecular complexity index is 397. The monoisotopic (exact) mass is 365 g/mol. The predicted molar refractivity (Wildman–Crippen MR) is 63.5 cm³/mol. The Morgan fingerprint density at radius 3 is 2.61 bits per heavy atom. The normalized spacial score (nSPS) is 17.9. The van der Waals surface area contributed by atoms with Crippen LogP contribution in [0.2, 0.25) is 0 Å². The molecule has 1 aliphatic rings. The highest BCUT2D eigenvalue weighted by molar-refractivity contribution is 5.86. The number of rotatable bonds is 3. The van der Waals surface area contributed by atoms with Gasteiger partial charge in [-0.2, -0.15) is 0 Å². The lowest BCUT2D eigenvalue weighted by Crippen LogP contribution is -3.00. The molecule has 0 unspecified atom stereocenters. The summed E-state index contributed by atoms with van der Waals surface area (Å²) in [6, 6.07) is 3.57. The Morgan fingerprint density at radius 1 is 1.33 bits per heavy atom. The number of piperidine rings is 1. The average Bonchev–Trinajstić information content (AvgIpc) is 2.76. The van der Waals surface area contributed by atoms with Crippen LogP contribution >= 0.6 is 0 Å². The highest BCUT2D eigenvalue weighted by atomic mass is 127. The molecular formula is C13H20INO3. The van der Waals surface area contributed by atoms with E-state index < -0.39 is 5.97 Å². The Balaban J connectivity index is 0.00000162. The molecule has 0 saturated carbocycles. The second-order valence-electron chi connectivity index (χ2n) is 5.04. The van der Waals surface area contributed by atoms with Gasteiger partial charge in [0.15, 0.2) is 5.76 Å². The van der Waals surface area contributed by atoms with E-state index in [1.54, 1.807) is 6.07 Å². The van der Waals surface area contributed by atoms with E-state index in [1.807, 2.05) is 6.07 Å². The maximum Gasteiger partial charge on any atom is 0.373 e. The van der Waals surface area contributed by atoms with Crippen LogP contribution in [-0.2, 0) is 11.3 Å². The van der Waals surface area contributed by atoms with Crippen molar-refractivity contribution < 1.29 is 42.4 Å². The van der Waals surface area contributed by atoms with Crippen molar-refractivity contribution in [1.82, 2.24) is 0 Å². The summed E-state index contributed by atoms with van der Waals surface area (Å²) in [6.07, 6.45) is 3.89. The number of carbonyl (C=O) groups is 1. The summed E-state index contributed by atoms with van der Waals surface area (Å²) < 4.78 is 11.1. The third-order valence-corrected chi connectivity index (χ3v) is 3.48. The quantitative estimate of drug-likeness (QED) is 0.400. The standard InChI is InChI=1S/C13H20NO3.HI/c1-14(8-4-3-5-9-14)10-11-6-7-12(17-11)13(15)16-2;/h6-7H,3-5,8-10H2,1-2H3;1H/q+1;/p-1. The van der Waals surface area contributed by atoms with Gasteiger partial charge in [-0.05, 0) is 31.4 Å². The SMILES string of the molecule is COC(=O)c1ccc(C[N+]2(C)CCCCC2)o1.[I-]. The van der Waals surface area contributed by atoms with Crippen molar-refractivity contribution in [3.8, 4) is 0 Å². The molecule has 0 aliphatic carbocycles. The predicted octanol–water partition coefficient (Wildman–Crippen LogP) is -0.799. The number of esters is 1. The molecule has 0 spiro atoms. The lowest BCUT2D eigenvalue weighted by molar-refractivity contribution is -0.927. The van der Waals surface area contributed by atoms with Crippen molar-refractivity contribution in [2.24, 2.45) is 0 Å². The molecule has 0 radical (unpaired) electrons. The zero-order chi connectivity index (χ0) is 12.3. The second kappa shape index (κ2) is 6.56. The molecule has 0 amide bonds. The zero-order valence-electron chi connectivity index (χ0n) is 10.9. The van der Waals surface area contributed by atoms with Gasteiger partial charge in [-0.1, -0.05) is 0 Å². The van der Waals surface area contributed by atoms with Crippen LogP contribution in [0, 0.1) is 0 Å². The number of nitrogens with zero attached hydrogens (tertiary/aromatic N) is 1. The molecule has 0 bridgehead atoms. The van der Waals surface area contributed by atoms with Crippen LogP contribution in [0.1, 0.15) is 35.6 Å². The number of furan rings is 1. The third kappa shape index (κ3) is 3.71. The molecule has 18 heavy (non-hydrogen) atoms. The van der Waals surface area contributed by atoms with E-state index in [9.17, 15) is 4.79 Å². The van der Waals surface area contributed by atoms with Crippen LogP contribution in [0.25, 0.3) is 0 Å². The Kier molecular flexibility index (Phi) is 5.65. The first-order valence-electron chi connectivity index (χ1n) is 6.13. The average molecular weight is 365 g/mol. The van der Waals surface area contributed by atoms with E-state index >= 15 is 0 Å². The van der Waals surface area contributed by atoms with Gasteiger partial charge in [0.25, 0.3) is 0 Å². The summed E-state index contributed by atoms with van der Waals surface area (Å²) in [6.45, 7) is 3.24. The Hall–Kier alpha value is -0.560. The molecule has 1 aromatic rings. The number of likely N-dealkylation sites (tertiary alicyclic amines) is 1. The molecule has 102 valence electrons. The fourth-order valence-corrected chi connectivity index (χ4v) is 2.48. The molecule has 4 nitrogen and oxygen atoms in total. The van der Waals surface area contributed by atoms with E-state index in [2.05, 4.69) is 11.8 Å². The van der Waals surface area contributed by atoms with Gasteiger partial charge in [0, 0.05) is 0 Å². The number of methoxy groups -OCH3 is 1. The molecule has 2 heterocycles.